The van der Waals surface area contributed by atoms with Crippen LogP contribution in [0.1, 0.15) is 52.9 Å². The van der Waals surface area contributed by atoms with Crippen LogP contribution >= 0.6 is 23.8 Å². The van der Waals surface area contributed by atoms with E-state index in [2.05, 4.69) is 83.3 Å². The van der Waals surface area contributed by atoms with E-state index in [1.807, 2.05) is 0 Å². The fourth-order valence-corrected chi connectivity index (χ4v) is 2.45. The van der Waals surface area contributed by atoms with E-state index in [1.54, 1.807) is 0 Å². The van der Waals surface area contributed by atoms with Gasteiger partial charge >= 0.3 is 0 Å². The Balaban J connectivity index is -0.0000000355. The molecule has 0 aromatic rings. The second-order valence-electron chi connectivity index (χ2n) is 9.49. The molecule has 0 amide bonds. The summed E-state index contributed by atoms with van der Waals surface area (Å²) in [7, 11) is 1.85. The van der Waals surface area contributed by atoms with E-state index in [1.165, 1.54) is 38.5 Å². The van der Waals surface area contributed by atoms with Gasteiger partial charge in [0.2, 0.25) is 0 Å². The fourth-order valence-electron chi connectivity index (χ4n) is 1.76. The van der Waals surface area contributed by atoms with Crippen LogP contribution < -0.4 is 0 Å². The first-order chi connectivity index (χ1) is 18.1. The van der Waals surface area contributed by atoms with E-state index in [9.17, 15) is 5.11 Å². The first-order valence-corrected chi connectivity index (χ1v) is 18.7. The van der Waals surface area contributed by atoms with Gasteiger partial charge in [-0.3, -0.25) is 0 Å². The third-order valence-electron chi connectivity index (χ3n) is 2.49. The van der Waals surface area contributed by atoms with E-state index in [0.717, 1.165) is 25.7 Å². The van der Waals surface area contributed by atoms with Crippen molar-refractivity contribution in [2.45, 2.75) is 58.2 Å². The van der Waals surface area contributed by atoms with Gasteiger partial charge in [0.25, 0.3) is 0 Å². The molecule has 0 heterocycles. The van der Waals surface area contributed by atoms with E-state index in [0.29, 0.717) is 5.92 Å². The van der Waals surface area contributed by atoms with E-state index >= 15 is 0 Å². The van der Waals surface area contributed by atoms with Gasteiger partial charge in [0.1, 0.15) is 0 Å². The number of hydrogen-bond donors (Lipinski definition) is 7. The molecular weight excluding hydrogens is 660 g/mol. The van der Waals surface area contributed by atoms with Gasteiger partial charge in [0.15, 0.2) is 32.0 Å². The maximum Gasteiger partial charge on any atom is 0.152 e. The molecule has 0 aliphatic heterocycles. The van der Waals surface area contributed by atoms with E-state index < -0.39 is 5.34 Å². The molecule has 0 saturated heterocycles. The Labute approximate surface area is 255 Å². The minimum Gasteiger partial charge on any atom is -0.386 e. The molecule has 0 aliphatic rings. The molecule has 19 nitrogen and oxygen atoms in total. The number of hydrogen-bond acceptors (Lipinski definition) is 13. The summed E-state index contributed by atoms with van der Waals surface area (Å²) in [5.74, 6) is 0.451. The molecule has 0 spiro atoms. The average molecular weight is 713 g/mol. The van der Waals surface area contributed by atoms with Crippen molar-refractivity contribution in [1.29, 1.82) is 0 Å². The van der Waals surface area contributed by atoms with Crippen molar-refractivity contribution in [2.75, 3.05) is 53.3 Å². The summed E-state index contributed by atoms with van der Waals surface area (Å²) in [4.78, 5) is 48.7. The standard InChI is InChI=1S/C10H23OP.2C4H12P.6HNO2.Ni/c1-4-7-9(6-3)10(11,12)8-5-2;2*1-5(2,3)4;6*2-1-3;/h9,11H,4-8,12H2,1-3H3;2*1-4H3;6*(H,2,3);/q;2*+1;;;;;;;. The molecule has 41 heavy (non-hydrogen) atoms. The van der Waals surface area contributed by atoms with Gasteiger partial charge in [-0.05, 0) is 18.8 Å². The van der Waals surface area contributed by atoms with Crippen LogP contribution in [-0.2, 0) is 16.5 Å². The topological polar surface area (TPSA) is 318 Å². The van der Waals surface area contributed by atoms with Crippen LogP contribution in [0.5, 0.6) is 0 Å². The maximum atomic E-state index is 10.1. The van der Waals surface area contributed by atoms with Crippen molar-refractivity contribution < 1.29 is 52.8 Å². The molecule has 23 heteroatoms. The molecule has 0 radical (unpaired) electrons. The molecule has 0 aliphatic carbocycles. The zero-order chi connectivity index (χ0) is 34.9. The van der Waals surface area contributed by atoms with Gasteiger partial charge in [-0.25, -0.2) is 0 Å². The van der Waals surface area contributed by atoms with Crippen molar-refractivity contribution in [3.05, 3.63) is 29.4 Å². The SMILES string of the molecule is CCCC(CC)C(O)(P)CCC.C[P+](C)(C)C.C[P+](C)(C)C.O=NO.O=NO.O=NO.O=NO.O=NO.O=NO.[Ni]. The normalized spacial score (nSPS) is 10.2. The summed E-state index contributed by atoms with van der Waals surface area (Å²) in [5, 5.41) is 56.9. The smallest absolute Gasteiger partial charge is 0.152 e. The molecule has 0 aromatic carbocycles. The van der Waals surface area contributed by atoms with Crippen LogP contribution in [0.3, 0.4) is 0 Å². The summed E-state index contributed by atoms with van der Waals surface area (Å²) in [6, 6.07) is 0. The minimum absolute atomic E-state index is 0. The first-order valence-electron chi connectivity index (χ1n) is 11.0. The zero-order valence-corrected chi connectivity index (χ0v) is 29.6. The summed E-state index contributed by atoms with van der Waals surface area (Å²) in [6.07, 6.45) is 5.33. The Morgan fingerprint density at radius 1 is 0.585 bits per heavy atom. The Hall–Kier alpha value is -1.86. The molecule has 0 rings (SSSR count). The van der Waals surface area contributed by atoms with Gasteiger partial charge in [-0.15, -0.1) is 38.7 Å². The van der Waals surface area contributed by atoms with Crippen LogP contribution in [0.15, 0.2) is 32.0 Å². The summed E-state index contributed by atoms with van der Waals surface area (Å²) in [6.45, 7) is 24.8. The molecule has 7 N–H and O–H groups in total. The van der Waals surface area contributed by atoms with Crippen molar-refractivity contribution in [1.82, 2.24) is 0 Å². The molecule has 3 atom stereocenters. The van der Waals surface area contributed by atoms with Crippen molar-refractivity contribution in [3.63, 3.8) is 0 Å². The van der Waals surface area contributed by atoms with Crippen molar-refractivity contribution in [2.24, 2.45) is 38.0 Å². The molecule has 0 bridgehead atoms. The second-order valence-corrected chi connectivity index (χ2v) is 21.2. The van der Waals surface area contributed by atoms with Crippen molar-refractivity contribution in [3.8, 4) is 0 Å². The van der Waals surface area contributed by atoms with Crippen LogP contribution in [0.2, 0.25) is 0 Å². The third-order valence-corrected chi connectivity index (χ3v) is 3.25. The molecule has 0 saturated carbocycles. The predicted molar refractivity (Wildman–Crippen MR) is 165 cm³/mol. The van der Waals surface area contributed by atoms with E-state index in [4.69, 9.17) is 60.7 Å². The number of nitrogens with zero attached hydrogens (tertiary/aromatic N) is 6. The van der Waals surface area contributed by atoms with Gasteiger partial charge < -0.3 is 36.4 Å². The summed E-state index contributed by atoms with van der Waals surface area (Å²) in [5.41, 5.74) is 0. The fraction of sp³-hybridized carbons (Fsp3) is 1.00. The van der Waals surface area contributed by atoms with Gasteiger partial charge in [0.05, 0.1) is 5.34 Å². The number of aliphatic hydroxyl groups is 1. The van der Waals surface area contributed by atoms with Crippen LogP contribution in [0.4, 0.5) is 0 Å². The molecular formula is C18H53N6NiO13P3+2. The largest absolute Gasteiger partial charge is 0.386 e. The van der Waals surface area contributed by atoms with Gasteiger partial charge in [0, 0.05) is 84.3 Å². The summed E-state index contributed by atoms with van der Waals surface area (Å²) < 4.78 is 0. The van der Waals surface area contributed by atoms with Crippen molar-refractivity contribution >= 4 is 23.8 Å². The molecule has 256 valence electrons. The minimum atomic E-state index is -0.514. The Bertz CT molecular complexity index is 451. The third kappa shape index (κ3) is 288. The predicted octanol–water partition coefficient (Wildman–Crippen LogP) is 7.07. The van der Waals surface area contributed by atoms with E-state index in [-0.39, 0.29) is 31.0 Å². The van der Waals surface area contributed by atoms with Gasteiger partial charge in [-0.2, -0.15) is 0 Å². The average Bonchev–Trinajstić information content (AvgIpc) is 2.73. The van der Waals surface area contributed by atoms with Gasteiger partial charge in [-0.1, -0.05) is 40.0 Å². The molecule has 0 fully saturated rings. The molecule has 0 aromatic heterocycles. The van der Waals surface area contributed by atoms with Crippen LogP contribution in [0, 0.1) is 35.4 Å². The second kappa shape index (κ2) is 57.9. The van der Waals surface area contributed by atoms with Crippen LogP contribution in [-0.4, -0.2) is 95.0 Å². The molecule has 3 unspecified atom stereocenters. The first kappa shape index (κ1) is 67.1. The number of rotatable bonds is 6. The summed E-state index contributed by atoms with van der Waals surface area (Å²) >= 11 is 0. The van der Waals surface area contributed by atoms with Crippen LogP contribution in [0.25, 0.3) is 0 Å². The maximum absolute atomic E-state index is 10.1. The Morgan fingerprint density at radius 2 is 0.756 bits per heavy atom. The quantitative estimate of drug-likeness (QED) is 0.0627. The Kier molecular flexibility index (Phi) is 94.7. The monoisotopic (exact) mass is 712 g/mol. The zero-order valence-electron chi connectivity index (χ0n) is 25.7. The Morgan fingerprint density at radius 3 is 0.854 bits per heavy atom.